The van der Waals surface area contributed by atoms with Gasteiger partial charge in [-0.3, -0.25) is 4.57 Å². The van der Waals surface area contributed by atoms with Crippen LogP contribution in [0.2, 0.25) is 0 Å². The summed E-state index contributed by atoms with van der Waals surface area (Å²) in [7, 11) is 0. The number of hydrogen-bond donors (Lipinski definition) is 0. The van der Waals surface area contributed by atoms with E-state index in [0.29, 0.717) is 18.8 Å². The highest BCUT2D eigenvalue weighted by Crippen LogP contribution is 2.18. The van der Waals surface area contributed by atoms with Gasteiger partial charge in [0.15, 0.2) is 0 Å². The van der Waals surface area contributed by atoms with Crippen LogP contribution >= 0.6 is 31.9 Å². The SMILES string of the molecule is Cc1nc(=O)n(CCOc2ccc(Br)cc2)c(C)c1Br. The highest BCUT2D eigenvalue weighted by molar-refractivity contribution is 9.10. The second kappa shape index (κ2) is 6.54. The fraction of sp³-hybridized carbons (Fsp3) is 0.286. The maximum Gasteiger partial charge on any atom is 0.348 e. The molecule has 2 rings (SSSR count). The van der Waals surface area contributed by atoms with E-state index < -0.39 is 0 Å². The summed E-state index contributed by atoms with van der Waals surface area (Å²) in [5.74, 6) is 0.776. The van der Waals surface area contributed by atoms with Gasteiger partial charge in [-0.25, -0.2) is 4.79 Å². The Labute approximate surface area is 134 Å². The summed E-state index contributed by atoms with van der Waals surface area (Å²) in [4.78, 5) is 15.8. The molecule has 4 nitrogen and oxygen atoms in total. The monoisotopic (exact) mass is 400 g/mol. The second-order valence-electron chi connectivity index (χ2n) is 4.33. The van der Waals surface area contributed by atoms with Gasteiger partial charge in [-0.15, -0.1) is 0 Å². The summed E-state index contributed by atoms with van der Waals surface area (Å²) in [6.45, 7) is 4.58. The third-order valence-corrected chi connectivity index (χ3v) is 4.61. The molecule has 0 aliphatic heterocycles. The van der Waals surface area contributed by atoms with Gasteiger partial charge < -0.3 is 4.74 Å². The number of aromatic nitrogens is 2. The molecule has 20 heavy (non-hydrogen) atoms. The molecule has 1 heterocycles. The molecule has 0 atom stereocenters. The van der Waals surface area contributed by atoms with Gasteiger partial charge in [0.25, 0.3) is 0 Å². The van der Waals surface area contributed by atoms with Gasteiger partial charge in [-0.05, 0) is 54.0 Å². The van der Waals surface area contributed by atoms with Crippen LogP contribution in [0.5, 0.6) is 5.75 Å². The molecular weight excluding hydrogens is 388 g/mol. The predicted octanol–water partition coefficient (Wildman–Crippen LogP) is 3.46. The third kappa shape index (κ3) is 3.49. The molecule has 0 radical (unpaired) electrons. The highest BCUT2D eigenvalue weighted by Gasteiger charge is 2.08. The van der Waals surface area contributed by atoms with Crippen LogP contribution in [0.1, 0.15) is 11.4 Å². The molecule has 0 spiro atoms. The molecule has 0 unspecified atom stereocenters. The van der Waals surface area contributed by atoms with Crippen molar-refractivity contribution in [2.45, 2.75) is 20.4 Å². The molecule has 6 heteroatoms. The van der Waals surface area contributed by atoms with Crippen molar-refractivity contribution >= 4 is 31.9 Å². The van der Waals surface area contributed by atoms with Crippen molar-refractivity contribution in [3.63, 3.8) is 0 Å². The molecule has 0 fully saturated rings. The van der Waals surface area contributed by atoms with Crippen molar-refractivity contribution in [1.82, 2.24) is 9.55 Å². The quantitative estimate of drug-likeness (QED) is 0.787. The Morgan fingerprint density at radius 1 is 1.20 bits per heavy atom. The van der Waals surface area contributed by atoms with E-state index in [9.17, 15) is 4.79 Å². The van der Waals surface area contributed by atoms with E-state index in [4.69, 9.17) is 4.74 Å². The zero-order valence-corrected chi connectivity index (χ0v) is 14.4. The van der Waals surface area contributed by atoms with Crippen LogP contribution in [0, 0.1) is 13.8 Å². The van der Waals surface area contributed by atoms with Crippen molar-refractivity contribution in [1.29, 1.82) is 0 Å². The van der Waals surface area contributed by atoms with Crippen molar-refractivity contribution < 1.29 is 4.74 Å². The molecule has 0 bridgehead atoms. The lowest BCUT2D eigenvalue weighted by atomic mass is 10.3. The summed E-state index contributed by atoms with van der Waals surface area (Å²) in [5, 5.41) is 0. The Hall–Kier alpha value is -1.14. The van der Waals surface area contributed by atoms with Crippen molar-refractivity contribution in [3.05, 3.63) is 55.1 Å². The molecule has 1 aromatic heterocycles. The normalized spacial score (nSPS) is 10.6. The first-order valence-corrected chi connectivity index (χ1v) is 7.69. The number of aryl methyl sites for hydroxylation is 1. The van der Waals surface area contributed by atoms with Gasteiger partial charge in [0.2, 0.25) is 0 Å². The van der Waals surface area contributed by atoms with Crippen LogP contribution in [0.25, 0.3) is 0 Å². The molecule has 0 N–H and O–H groups in total. The minimum Gasteiger partial charge on any atom is -0.492 e. The summed E-state index contributed by atoms with van der Waals surface area (Å²) in [5.41, 5.74) is 1.32. The molecule has 0 saturated heterocycles. The summed E-state index contributed by atoms with van der Waals surface area (Å²) < 4.78 is 9.09. The molecular formula is C14H14Br2N2O2. The van der Waals surface area contributed by atoms with Gasteiger partial charge >= 0.3 is 5.69 Å². The van der Waals surface area contributed by atoms with E-state index in [-0.39, 0.29) is 5.69 Å². The van der Waals surface area contributed by atoms with E-state index in [1.165, 1.54) is 0 Å². The lowest BCUT2D eigenvalue weighted by Crippen LogP contribution is -2.28. The molecule has 106 valence electrons. The highest BCUT2D eigenvalue weighted by atomic mass is 79.9. The lowest BCUT2D eigenvalue weighted by molar-refractivity contribution is 0.293. The fourth-order valence-corrected chi connectivity index (χ4v) is 2.39. The Kier molecular flexibility index (Phi) is 4.99. The van der Waals surface area contributed by atoms with Crippen LogP contribution in [0.4, 0.5) is 0 Å². The number of benzene rings is 1. The number of hydrogen-bond acceptors (Lipinski definition) is 3. The van der Waals surface area contributed by atoms with Gasteiger partial charge in [-0.1, -0.05) is 15.9 Å². The van der Waals surface area contributed by atoms with Gasteiger partial charge in [-0.2, -0.15) is 4.98 Å². The predicted molar refractivity (Wildman–Crippen MR) is 85.3 cm³/mol. The van der Waals surface area contributed by atoms with Gasteiger partial charge in [0.1, 0.15) is 12.4 Å². The molecule has 1 aromatic carbocycles. The molecule has 0 aliphatic carbocycles. The second-order valence-corrected chi connectivity index (χ2v) is 6.04. The molecule has 0 saturated carbocycles. The first-order chi connectivity index (χ1) is 9.49. The first-order valence-electron chi connectivity index (χ1n) is 6.11. The number of rotatable bonds is 4. The maximum absolute atomic E-state index is 11.9. The molecule has 2 aromatic rings. The number of ether oxygens (including phenoxy) is 1. The minimum absolute atomic E-state index is 0.248. The van der Waals surface area contributed by atoms with E-state index >= 15 is 0 Å². The molecule has 0 amide bonds. The number of nitrogens with zero attached hydrogens (tertiary/aromatic N) is 2. The standard InChI is InChI=1S/C14H14Br2N2O2/c1-9-13(16)10(2)18(14(19)17-9)7-8-20-12-5-3-11(15)4-6-12/h3-6H,7-8H2,1-2H3. The van der Waals surface area contributed by atoms with Crippen LogP contribution in [-0.2, 0) is 6.54 Å². The lowest BCUT2D eigenvalue weighted by Gasteiger charge is -2.12. The first kappa shape index (κ1) is 15.3. The van der Waals surface area contributed by atoms with Crippen LogP contribution in [0.3, 0.4) is 0 Å². The Morgan fingerprint density at radius 2 is 1.85 bits per heavy atom. The van der Waals surface area contributed by atoms with Crippen LogP contribution in [-0.4, -0.2) is 16.2 Å². The zero-order valence-electron chi connectivity index (χ0n) is 11.2. The topological polar surface area (TPSA) is 44.1 Å². The molecule has 0 aliphatic rings. The van der Waals surface area contributed by atoms with E-state index in [1.54, 1.807) is 11.5 Å². The smallest absolute Gasteiger partial charge is 0.348 e. The van der Waals surface area contributed by atoms with Gasteiger partial charge in [0.05, 0.1) is 16.7 Å². The van der Waals surface area contributed by atoms with Gasteiger partial charge in [0, 0.05) is 10.2 Å². The Morgan fingerprint density at radius 3 is 2.50 bits per heavy atom. The largest absolute Gasteiger partial charge is 0.492 e. The summed E-state index contributed by atoms with van der Waals surface area (Å²) in [6, 6.07) is 7.58. The van der Waals surface area contributed by atoms with E-state index in [0.717, 1.165) is 20.4 Å². The van der Waals surface area contributed by atoms with Crippen LogP contribution < -0.4 is 10.4 Å². The minimum atomic E-state index is -0.248. The van der Waals surface area contributed by atoms with E-state index in [1.807, 2.05) is 31.2 Å². The fourth-order valence-electron chi connectivity index (χ4n) is 1.83. The Bertz CT molecular complexity index is 666. The zero-order chi connectivity index (χ0) is 14.7. The maximum atomic E-state index is 11.9. The third-order valence-electron chi connectivity index (χ3n) is 2.93. The van der Waals surface area contributed by atoms with E-state index in [2.05, 4.69) is 36.8 Å². The summed E-state index contributed by atoms with van der Waals surface area (Å²) in [6.07, 6.45) is 0. The summed E-state index contributed by atoms with van der Waals surface area (Å²) >= 11 is 6.81. The average Bonchev–Trinajstić information content (AvgIpc) is 2.42. The average molecular weight is 402 g/mol. The number of halogens is 2. The van der Waals surface area contributed by atoms with Crippen molar-refractivity contribution in [2.24, 2.45) is 0 Å². The van der Waals surface area contributed by atoms with Crippen molar-refractivity contribution in [3.8, 4) is 5.75 Å². The Balaban J connectivity index is 2.06. The van der Waals surface area contributed by atoms with Crippen molar-refractivity contribution in [2.75, 3.05) is 6.61 Å². The van der Waals surface area contributed by atoms with Crippen LogP contribution in [0.15, 0.2) is 38.0 Å².